The smallest absolute Gasteiger partial charge is 0.306 e. The van der Waals surface area contributed by atoms with Crippen molar-refractivity contribution >= 4 is 17.9 Å². The van der Waals surface area contributed by atoms with Crippen LogP contribution in [0.5, 0.6) is 0 Å². The van der Waals surface area contributed by atoms with Gasteiger partial charge < -0.3 is 14.2 Å². The Labute approximate surface area is 515 Å². The van der Waals surface area contributed by atoms with E-state index in [0.717, 1.165) is 109 Å². The van der Waals surface area contributed by atoms with Crippen LogP contribution in [0.3, 0.4) is 0 Å². The van der Waals surface area contributed by atoms with Gasteiger partial charge in [0, 0.05) is 19.3 Å². The maximum atomic E-state index is 12.9. The van der Waals surface area contributed by atoms with Crippen molar-refractivity contribution in [3.63, 3.8) is 0 Å². The molecular formula is C77H134O6. The van der Waals surface area contributed by atoms with Crippen molar-refractivity contribution in [3.05, 3.63) is 97.2 Å². The Morgan fingerprint density at radius 1 is 0.253 bits per heavy atom. The third-order valence-corrected chi connectivity index (χ3v) is 15.6. The molecule has 0 N–H and O–H groups in total. The maximum absolute atomic E-state index is 12.9. The second kappa shape index (κ2) is 70.8. The van der Waals surface area contributed by atoms with Gasteiger partial charge in [-0.05, 0) is 116 Å². The number of hydrogen-bond acceptors (Lipinski definition) is 6. The van der Waals surface area contributed by atoms with E-state index in [1.54, 1.807) is 0 Å². The minimum atomic E-state index is -0.801. The summed E-state index contributed by atoms with van der Waals surface area (Å²) >= 11 is 0. The molecule has 83 heavy (non-hydrogen) atoms. The molecule has 478 valence electrons. The monoisotopic (exact) mass is 1160 g/mol. The molecule has 0 heterocycles. The second-order valence-corrected chi connectivity index (χ2v) is 23.7. The fourth-order valence-corrected chi connectivity index (χ4v) is 10.3. The predicted molar refractivity (Wildman–Crippen MR) is 362 cm³/mol. The molecule has 0 saturated heterocycles. The molecule has 0 bridgehead atoms. The van der Waals surface area contributed by atoms with Crippen molar-refractivity contribution in [2.75, 3.05) is 13.2 Å². The Balaban J connectivity index is 4.19. The Hall–Kier alpha value is -3.67. The summed E-state index contributed by atoms with van der Waals surface area (Å²) in [5.41, 5.74) is 0. The molecule has 0 aromatic rings. The van der Waals surface area contributed by atoms with Crippen molar-refractivity contribution in [2.24, 2.45) is 0 Å². The first-order valence-corrected chi connectivity index (χ1v) is 35.7. The van der Waals surface area contributed by atoms with Crippen molar-refractivity contribution in [2.45, 2.75) is 361 Å². The van der Waals surface area contributed by atoms with Crippen LogP contribution in [0, 0.1) is 0 Å². The third-order valence-electron chi connectivity index (χ3n) is 15.6. The number of carbonyl (C=O) groups excluding carboxylic acids is 3. The van der Waals surface area contributed by atoms with Crippen molar-refractivity contribution < 1.29 is 28.6 Å². The predicted octanol–water partition coefficient (Wildman–Crippen LogP) is 24.8. The summed E-state index contributed by atoms with van der Waals surface area (Å²) in [5, 5.41) is 0. The van der Waals surface area contributed by atoms with E-state index in [2.05, 4.69) is 118 Å². The number of ether oxygens (including phenoxy) is 3. The number of rotatable bonds is 65. The molecule has 0 aromatic heterocycles. The van der Waals surface area contributed by atoms with E-state index in [4.69, 9.17) is 14.2 Å². The topological polar surface area (TPSA) is 78.9 Å². The number of hydrogen-bond donors (Lipinski definition) is 0. The summed E-state index contributed by atoms with van der Waals surface area (Å²) in [5.74, 6) is -0.932. The Bertz CT molecular complexity index is 1610. The summed E-state index contributed by atoms with van der Waals surface area (Å²) in [7, 11) is 0. The zero-order valence-corrected chi connectivity index (χ0v) is 54.9. The van der Waals surface area contributed by atoms with Gasteiger partial charge >= 0.3 is 17.9 Å². The molecule has 0 aliphatic heterocycles. The molecule has 0 fully saturated rings. The third kappa shape index (κ3) is 69.0. The van der Waals surface area contributed by atoms with Gasteiger partial charge in [0.15, 0.2) is 6.10 Å². The zero-order valence-electron chi connectivity index (χ0n) is 54.9. The summed E-state index contributed by atoms with van der Waals surface area (Å²) in [6.07, 6.45) is 96.1. The Kier molecular flexibility index (Phi) is 67.7. The normalized spacial score (nSPS) is 12.7. The molecule has 0 spiro atoms. The summed E-state index contributed by atoms with van der Waals surface area (Å²) in [6, 6.07) is 0. The SMILES string of the molecule is CC/C=C\C/C=C\C/C=C\C/C=C\CCCCC(=O)OCC(COC(=O)CCCCCCCCCCCCCCCCCCCCCCC/C=C\CCCCCCCCCC)OC(=O)CCCCCCCCC/C=C\C/C=C\C/C=C\CC. The molecule has 0 aromatic carbocycles. The van der Waals surface area contributed by atoms with Crippen LogP contribution in [0.1, 0.15) is 355 Å². The van der Waals surface area contributed by atoms with Gasteiger partial charge in [0.25, 0.3) is 0 Å². The zero-order chi connectivity index (χ0) is 59.9. The molecule has 0 rings (SSSR count). The molecule has 0 saturated carbocycles. The van der Waals surface area contributed by atoms with Crippen LogP contribution in [0.4, 0.5) is 0 Å². The number of allylic oxidation sites excluding steroid dienone is 16. The molecule has 1 atom stereocenters. The fraction of sp³-hybridized carbons (Fsp3) is 0.753. The van der Waals surface area contributed by atoms with E-state index < -0.39 is 6.10 Å². The van der Waals surface area contributed by atoms with Gasteiger partial charge in [-0.15, -0.1) is 0 Å². The van der Waals surface area contributed by atoms with E-state index in [9.17, 15) is 14.4 Å². The van der Waals surface area contributed by atoms with Gasteiger partial charge in [-0.1, -0.05) is 317 Å². The van der Waals surface area contributed by atoms with E-state index in [0.29, 0.717) is 19.3 Å². The van der Waals surface area contributed by atoms with Gasteiger partial charge in [-0.3, -0.25) is 14.4 Å². The largest absolute Gasteiger partial charge is 0.462 e. The highest BCUT2D eigenvalue weighted by Crippen LogP contribution is 2.18. The van der Waals surface area contributed by atoms with Crippen LogP contribution in [0.15, 0.2) is 97.2 Å². The number of unbranched alkanes of at least 4 members (excludes halogenated alkanes) is 38. The van der Waals surface area contributed by atoms with E-state index in [1.807, 2.05) is 0 Å². The van der Waals surface area contributed by atoms with E-state index >= 15 is 0 Å². The van der Waals surface area contributed by atoms with Gasteiger partial charge in [-0.25, -0.2) is 0 Å². The number of esters is 3. The average molecular weight is 1160 g/mol. The molecule has 0 aliphatic rings. The summed E-state index contributed by atoms with van der Waals surface area (Å²) in [6.45, 7) is 6.41. The average Bonchev–Trinajstić information content (AvgIpc) is 3.49. The van der Waals surface area contributed by atoms with Crippen LogP contribution in [-0.2, 0) is 28.6 Å². The first-order chi connectivity index (χ1) is 41.0. The highest BCUT2D eigenvalue weighted by Gasteiger charge is 2.19. The van der Waals surface area contributed by atoms with Crippen molar-refractivity contribution in [1.29, 1.82) is 0 Å². The molecule has 6 heteroatoms. The standard InChI is InChI=1S/C77H134O6/c1-4-7-10-13-16-19-22-25-28-30-31-32-33-34-35-36-37-38-39-40-41-42-43-44-45-47-49-52-55-58-61-64-67-70-76(79)82-73-74(72-81-75(78)69-66-63-60-57-54-51-48-27-24-21-18-15-12-9-6-3)83-77(80)71-68-65-62-59-56-53-50-46-29-26-23-20-17-14-11-8-5-2/h8-9,11-12,17-18,20-21,26-27,29-31,48,54,57,74H,4-7,10,13-16,19,22-25,28,32-47,49-53,55-56,58-73H2,1-3H3/b11-8-,12-9-,20-17-,21-18-,29-26-,31-30-,48-27-,57-54-. The Morgan fingerprint density at radius 3 is 0.771 bits per heavy atom. The summed E-state index contributed by atoms with van der Waals surface area (Å²) in [4.78, 5) is 38.4. The fourth-order valence-electron chi connectivity index (χ4n) is 10.3. The number of carbonyl (C=O) groups is 3. The van der Waals surface area contributed by atoms with Crippen LogP contribution >= 0.6 is 0 Å². The first-order valence-electron chi connectivity index (χ1n) is 35.7. The second-order valence-electron chi connectivity index (χ2n) is 23.7. The highest BCUT2D eigenvalue weighted by atomic mass is 16.6. The van der Waals surface area contributed by atoms with Crippen molar-refractivity contribution in [3.8, 4) is 0 Å². The lowest BCUT2D eigenvalue weighted by Crippen LogP contribution is -2.30. The lowest BCUT2D eigenvalue weighted by Gasteiger charge is -2.18. The van der Waals surface area contributed by atoms with E-state index in [-0.39, 0.29) is 31.1 Å². The Morgan fingerprint density at radius 2 is 0.470 bits per heavy atom. The van der Waals surface area contributed by atoms with Crippen LogP contribution in [0.25, 0.3) is 0 Å². The lowest BCUT2D eigenvalue weighted by atomic mass is 10.0. The lowest BCUT2D eigenvalue weighted by molar-refractivity contribution is -0.167. The maximum Gasteiger partial charge on any atom is 0.306 e. The molecule has 0 radical (unpaired) electrons. The summed E-state index contributed by atoms with van der Waals surface area (Å²) < 4.78 is 16.9. The van der Waals surface area contributed by atoms with Crippen LogP contribution < -0.4 is 0 Å². The van der Waals surface area contributed by atoms with Crippen LogP contribution in [0.2, 0.25) is 0 Å². The molecule has 0 aliphatic carbocycles. The van der Waals surface area contributed by atoms with Gasteiger partial charge in [0.05, 0.1) is 0 Å². The van der Waals surface area contributed by atoms with Gasteiger partial charge in [0.2, 0.25) is 0 Å². The molecule has 0 amide bonds. The van der Waals surface area contributed by atoms with E-state index in [1.165, 1.54) is 205 Å². The first kappa shape index (κ1) is 79.3. The molecular weight excluding hydrogens is 1020 g/mol. The quantitative estimate of drug-likeness (QED) is 0.0261. The van der Waals surface area contributed by atoms with Crippen molar-refractivity contribution in [1.82, 2.24) is 0 Å². The van der Waals surface area contributed by atoms with Gasteiger partial charge in [0.1, 0.15) is 13.2 Å². The molecule has 6 nitrogen and oxygen atoms in total. The van der Waals surface area contributed by atoms with Gasteiger partial charge in [-0.2, -0.15) is 0 Å². The molecule has 1 unspecified atom stereocenters. The highest BCUT2D eigenvalue weighted by molar-refractivity contribution is 5.71. The minimum absolute atomic E-state index is 0.0927. The van der Waals surface area contributed by atoms with Crippen LogP contribution in [-0.4, -0.2) is 37.2 Å². The minimum Gasteiger partial charge on any atom is -0.462 e.